The van der Waals surface area contributed by atoms with Crippen LogP contribution in [0.4, 0.5) is 17.8 Å². The van der Waals surface area contributed by atoms with E-state index in [4.69, 9.17) is 15.0 Å². The summed E-state index contributed by atoms with van der Waals surface area (Å²) in [7, 11) is 1.94. The van der Waals surface area contributed by atoms with Gasteiger partial charge in [0.25, 0.3) is 0 Å². The van der Waals surface area contributed by atoms with E-state index >= 15 is 0 Å². The van der Waals surface area contributed by atoms with E-state index in [2.05, 4.69) is 100 Å². The van der Waals surface area contributed by atoms with Gasteiger partial charge < -0.3 is 31.1 Å². The topological polar surface area (TPSA) is 93.3 Å². The Bertz CT molecular complexity index is 844. The number of hydrogen-bond donors (Lipinski definition) is 4. The monoisotopic (exact) mass is 608 g/mol. The summed E-state index contributed by atoms with van der Waals surface area (Å²) in [5.41, 5.74) is 0.164. The summed E-state index contributed by atoms with van der Waals surface area (Å²) in [4.78, 5) is 20.4. The summed E-state index contributed by atoms with van der Waals surface area (Å²) in [5.74, 6) is 2.27. The van der Waals surface area contributed by atoms with Gasteiger partial charge in [0.15, 0.2) is 0 Å². The molecule has 0 atom stereocenters. The minimum Gasteiger partial charge on any atom is -0.341 e. The number of aromatic nitrogens is 3. The van der Waals surface area contributed by atoms with E-state index in [0.717, 1.165) is 76.4 Å². The highest BCUT2D eigenvalue weighted by molar-refractivity contribution is 5.47. The minimum absolute atomic E-state index is 0. The van der Waals surface area contributed by atoms with Gasteiger partial charge in [-0.15, -0.1) is 0 Å². The third kappa shape index (κ3) is 12.0. The minimum atomic E-state index is 0. The Hall–Kier alpha value is -1.71. The first-order chi connectivity index (χ1) is 18.6. The highest BCUT2D eigenvalue weighted by Gasteiger charge is 2.42. The van der Waals surface area contributed by atoms with Crippen molar-refractivity contribution in [2.24, 2.45) is 0 Å². The molecule has 2 saturated heterocycles. The van der Waals surface area contributed by atoms with Crippen molar-refractivity contribution in [1.82, 2.24) is 30.9 Å². The largest absolute Gasteiger partial charge is 0.341 e. The third-order valence-electron chi connectivity index (χ3n) is 8.27. The molecule has 0 saturated carbocycles. The normalized spacial score (nSPS) is 20.6. The molecule has 0 unspecified atom stereocenters. The summed E-state index contributed by atoms with van der Waals surface area (Å²) in [6.45, 7) is 25.6. The molecule has 0 spiro atoms. The maximum absolute atomic E-state index is 5.32. The standard InChI is InChI=1S/C31H61N9.3CH4/c1-12-14-16-39(23-18-28(3,4)37-29(5,6)19-23)26-34-25(33-22-32-11)35-27(36-26)40(17-15-13-2)24-20-30(7,8)38-31(9,10)21-24;;;/h23-24,32,37-38H,12-22H2,1-11H3,(H,33,34,35,36);3*1H4. The lowest BCUT2D eigenvalue weighted by Crippen LogP contribution is -2.63. The molecule has 1 aromatic heterocycles. The molecule has 0 aliphatic carbocycles. The molecule has 3 heterocycles. The lowest BCUT2D eigenvalue weighted by atomic mass is 9.79. The fraction of sp³-hybridized carbons (Fsp3) is 0.912. The molecule has 9 nitrogen and oxygen atoms in total. The Kier molecular flexibility index (Phi) is 15.9. The Labute approximate surface area is 267 Å². The van der Waals surface area contributed by atoms with E-state index in [1.165, 1.54) is 0 Å². The van der Waals surface area contributed by atoms with E-state index in [-0.39, 0.29) is 44.4 Å². The molecular weight excluding hydrogens is 534 g/mol. The zero-order chi connectivity index (χ0) is 29.8. The van der Waals surface area contributed by atoms with Crippen LogP contribution >= 0.6 is 0 Å². The lowest BCUT2D eigenvalue weighted by Gasteiger charge is -2.50. The van der Waals surface area contributed by atoms with Gasteiger partial charge >= 0.3 is 0 Å². The summed E-state index contributed by atoms with van der Waals surface area (Å²) in [6, 6.07) is 0.706. The summed E-state index contributed by atoms with van der Waals surface area (Å²) < 4.78 is 0. The van der Waals surface area contributed by atoms with Crippen LogP contribution in [0.25, 0.3) is 0 Å². The average Bonchev–Trinajstić information content (AvgIpc) is 2.79. The molecule has 3 rings (SSSR count). The molecule has 1 aromatic rings. The second-order valence-electron chi connectivity index (χ2n) is 15.0. The van der Waals surface area contributed by atoms with Crippen LogP contribution in [-0.2, 0) is 0 Å². The lowest BCUT2D eigenvalue weighted by molar-refractivity contribution is 0.157. The van der Waals surface area contributed by atoms with E-state index < -0.39 is 0 Å². The van der Waals surface area contributed by atoms with E-state index in [9.17, 15) is 0 Å². The zero-order valence-electron chi connectivity index (χ0n) is 27.7. The second-order valence-corrected chi connectivity index (χ2v) is 15.0. The third-order valence-corrected chi connectivity index (χ3v) is 8.27. The smallest absolute Gasteiger partial charge is 0.232 e. The van der Waals surface area contributed by atoms with Gasteiger partial charge in [-0.2, -0.15) is 15.0 Å². The van der Waals surface area contributed by atoms with Crippen LogP contribution in [0.1, 0.15) is 143 Å². The first kappa shape index (κ1) is 41.3. The van der Waals surface area contributed by atoms with Crippen LogP contribution in [0, 0.1) is 0 Å². The van der Waals surface area contributed by atoms with Crippen LogP contribution in [0.3, 0.4) is 0 Å². The van der Waals surface area contributed by atoms with E-state index in [1.54, 1.807) is 0 Å². The van der Waals surface area contributed by atoms with Gasteiger partial charge in [0, 0.05) is 47.3 Å². The van der Waals surface area contributed by atoms with Crippen molar-refractivity contribution < 1.29 is 0 Å². The predicted molar refractivity (Wildman–Crippen MR) is 191 cm³/mol. The second kappa shape index (κ2) is 16.6. The molecule has 2 fully saturated rings. The molecular formula is C34H73N9. The fourth-order valence-electron chi connectivity index (χ4n) is 7.38. The number of rotatable bonds is 13. The zero-order valence-corrected chi connectivity index (χ0v) is 27.7. The van der Waals surface area contributed by atoms with Crippen molar-refractivity contribution in [1.29, 1.82) is 0 Å². The highest BCUT2D eigenvalue weighted by atomic mass is 15.4. The fourth-order valence-corrected chi connectivity index (χ4v) is 7.38. The summed E-state index contributed by atoms with van der Waals surface area (Å²) in [5, 5.41) is 14.3. The molecule has 43 heavy (non-hydrogen) atoms. The molecule has 0 aromatic carbocycles. The molecule has 0 radical (unpaired) electrons. The maximum Gasteiger partial charge on any atom is 0.232 e. The van der Waals surface area contributed by atoms with Crippen LogP contribution in [-0.4, -0.2) is 76.0 Å². The highest BCUT2D eigenvalue weighted by Crippen LogP contribution is 2.36. The molecule has 2 aliphatic heterocycles. The van der Waals surface area contributed by atoms with Crippen molar-refractivity contribution in [2.45, 2.75) is 177 Å². The average molecular weight is 608 g/mol. The van der Waals surface area contributed by atoms with Crippen LogP contribution in [0.15, 0.2) is 0 Å². The number of hydrogen-bond acceptors (Lipinski definition) is 9. The van der Waals surface area contributed by atoms with Crippen LogP contribution in [0.2, 0.25) is 0 Å². The number of piperidine rings is 2. The van der Waals surface area contributed by atoms with Crippen molar-refractivity contribution in [3.63, 3.8) is 0 Å². The van der Waals surface area contributed by atoms with Crippen molar-refractivity contribution in [3.8, 4) is 0 Å². The SMILES string of the molecule is C.C.C.CCCCN(c1nc(NCNC)nc(N(CCCC)C2CC(C)(C)NC(C)(C)C2)n1)C1CC(C)(C)NC(C)(C)C1. The van der Waals surface area contributed by atoms with Gasteiger partial charge in [-0.1, -0.05) is 49.0 Å². The number of nitrogens with zero attached hydrogens (tertiary/aromatic N) is 5. The number of unbranched alkanes of at least 4 members (excludes halogenated alkanes) is 2. The Balaban J connectivity index is 0.00000588. The van der Waals surface area contributed by atoms with E-state index in [0.29, 0.717) is 24.7 Å². The van der Waals surface area contributed by atoms with Crippen molar-refractivity contribution >= 4 is 17.8 Å². The first-order valence-electron chi connectivity index (χ1n) is 15.9. The Morgan fingerprint density at radius 2 is 1.00 bits per heavy atom. The Morgan fingerprint density at radius 3 is 1.30 bits per heavy atom. The van der Waals surface area contributed by atoms with Crippen LogP contribution in [0.5, 0.6) is 0 Å². The maximum atomic E-state index is 5.32. The van der Waals surface area contributed by atoms with Gasteiger partial charge in [0.1, 0.15) is 0 Å². The summed E-state index contributed by atoms with van der Waals surface area (Å²) >= 11 is 0. The molecule has 2 aliphatic rings. The van der Waals surface area contributed by atoms with Gasteiger partial charge in [-0.05, 0) is 101 Å². The van der Waals surface area contributed by atoms with Gasteiger partial charge in [0.2, 0.25) is 17.8 Å². The number of nitrogens with one attached hydrogen (secondary N) is 4. The van der Waals surface area contributed by atoms with Gasteiger partial charge in [-0.25, -0.2) is 0 Å². The van der Waals surface area contributed by atoms with Gasteiger partial charge in [0.05, 0.1) is 6.67 Å². The number of anilines is 3. The van der Waals surface area contributed by atoms with Crippen LogP contribution < -0.4 is 31.1 Å². The molecule has 0 amide bonds. The molecule has 254 valence electrons. The molecule has 4 N–H and O–H groups in total. The first-order valence-corrected chi connectivity index (χ1v) is 15.9. The van der Waals surface area contributed by atoms with Crippen molar-refractivity contribution in [3.05, 3.63) is 0 Å². The van der Waals surface area contributed by atoms with E-state index in [1.807, 2.05) is 7.05 Å². The predicted octanol–water partition coefficient (Wildman–Crippen LogP) is 7.20. The van der Waals surface area contributed by atoms with Gasteiger partial charge in [-0.3, -0.25) is 0 Å². The molecule has 0 bridgehead atoms. The van der Waals surface area contributed by atoms with Crippen molar-refractivity contribution in [2.75, 3.05) is 41.9 Å². The Morgan fingerprint density at radius 1 is 0.651 bits per heavy atom. The molecule has 9 heteroatoms. The quantitative estimate of drug-likeness (QED) is 0.174. The summed E-state index contributed by atoms with van der Waals surface area (Å²) in [6.07, 6.45) is 8.71.